The minimum Gasteiger partial charge on any atom is -0.491 e. The molecule has 1 aliphatic rings. The van der Waals surface area contributed by atoms with Crippen molar-refractivity contribution in [2.24, 2.45) is 5.92 Å². The summed E-state index contributed by atoms with van der Waals surface area (Å²) in [7, 11) is -0.0159. The molecule has 1 amide bonds. The number of amides is 1. The third-order valence-electron chi connectivity index (χ3n) is 5.39. The summed E-state index contributed by atoms with van der Waals surface area (Å²) in [6, 6.07) is 4.87. The van der Waals surface area contributed by atoms with Crippen LogP contribution in [0.25, 0.3) is 0 Å². The number of benzene rings is 1. The Labute approximate surface area is 180 Å². The Morgan fingerprint density at radius 2 is 1.97 bits per heavy atom. The second kappa shape index (κ2) is 10.5. The highest BCUT2D eigenvalue weighted by atomic mass is 32.2. The Bertz CT molecular complexity index is 830. The maximum absolute atomic E-state index is 13.1. The van der Waals surface area contributed by atoms with Gasteiger partial charge < -0.3 is 14.4 Å². The van der Waals surface area contributed by atoms with Gasteiger partial charge in [0, 0.05) is 39.4 Å². The predicted octanol–water partition coefficient (Wildman–Crippen LogP) is 2.27. The van der Waals surface area contributed by atoms with Crippen molar-refractivity contribution in [3.63, 3.8) is 0 Å². The minimum atomic E-state index is -3.44. The summed E-state index contributed by atoms with van der Waals surface area (Å²) in [4.78, 5) is 17.1. The number of hydrogen-bond acceptors (Lipinski definition) is 6. The molecule has 0 bridgehead atoms. The monoisotopic (exact) mass is 441 g/mol. The lowest BCUT2D eigenvalue weighted by molar-refractivity contribution is 0.0108. The van der Waals surface area contributed by atoms with Gasteiger partial charge in [0.2, 0.25) is 10.0 Å². The normalized spacial score (nSPS) is 24.4. The van der Waals surface area contributed by atoms with Crippen LogP contribution in [0.3, 0.4) is 0 Å². The van der Waals surface area contributed by atoms with Gasteiger partial charge in [-0.2, -0.15) is 0 Å². The molecule has 170 valence electrons. The Morgan fingerprint density at radius 1 is 1.27 bits per heavy atom. The molecule has 8 nitrogen and oxygen atoms in total. The van der Waals surface area contributed by atoms with E-state index in [1.807, 2.05) is 0 Å². The highest BCUT2D eigenvalue weighted by Crippen LogP contribution is 2.27. The van der Waals surface area contributed by atoms with Crippen molar-refractivity contribution in [1.29, 1.82) is 0 Å². The van der Waals surface area contributed by atoms with Gasteiger partial charge in [-0.05, 0) is 37.9 Å². The fourth-order valence-electron chi connectivity index (χ4n) is 3.72. The summed E-state index contributed by atoms with van der Waals surface area (Å²) >= 11 is 0. The first-order chi connectivity index (χ1) is 14.1. The molecule has 1 aromatic carbocycles. The number of nitrogens with zero attached hydrogens (tertiary/aromatic N) is 2. The molecule has 30 heavy (non-hydrogen) atoms. The molecule has 0 aromatic heterocycles. The number of anilines is 1. The van der Waals surface area contributed by atoms with E-state index in [-0.39, 0.29) is 24.0 Å². The molecule has 0 saturated heterocycles. The second-order valence-electron chi connectivity index (χ2n) is 8.18. The molecule has 0 radical (unpaired) electrons. The van der Waals surface area contributed by atoms with E-state index in [9.17, 15) is 13.2 Å². The van der Waals surface area contributed by atoms with Crippen molar-refractivity contribution in [2.75, 3.05) is 51.4 Å². The Morgan fingerprint density at radius 3 is 2.57 bits per heavy atom. The molecule has 0 aliphatic carbocycles. The number of hydrogen-bond donors (Lipinski definition) is 1. The summed E-state index contributed by atoms with van der Waals surface area (Å²) in [6.45, 7) is 9.00. The van der Waals surface area contributed by atoms with Crippen LogP contribution < -0.4 is 9.46 Å². The molecule has 1 N–H and O–H groups in total. The van der Waals surface area contributed by atoms with Gasteiger partial charge in [0.1, 0.15) is 12.4 Å². The van der Waals surface area contributed by atoms with Gasteiger partial charge in [-0.3, -0.25) is 14.4 Å². The Kier molecular flexibility index (Phi) is 8.52. The first-order valence-electron chi connectivity index (χ1n) is 10.3. The number of likely N-dealkylation sites (N-methyl/N-ethyl adjacent to an activating group) is 1. The molecule has 0 spiro atoms. The van der Waals surface area contributed by atoms with E-state index < -0.39 is 10.0 Å². The topological polar surface area (TPSA) is 88.2 Å². The number of methoxy groups -OCH3 is 1. The Balaban J connectivity index is 2.44. The SMILES string of the molecule is CCCN1C[C@@H](C)[C@@H](OC)CN(C)C(=O)c2ccc(NS(C)(=O)=O)cc2OC[C@@H]1C. The number of sulfonamides is 1. The van der Waals surface area contributed by atoms with Gasteiger partial charge >= 0.3 is 0 Å². The lowest BCUT2D eigenvalue weighted by atomic mass is 10.0. The molecule has 3 atom stereocenters. The smallest absolute Gasteiger partial charge is 0.257 e. The molecule has 0 fully saturated rings. The lowest BCUT2D eigenvalue weighted by Crippen LogP contribution is -2.46. The van der Waals surface area contributed by atoms with Crippen molar-refractivity contribution >= 4 is 21.6 Å². The third-order valence-corrected chi connectivity index (χ3v) is 6.00. The quantitative estimate of drug-likeness (QED) is 0.754. The number of rotatable bonds is 5. The fraction of sp³-hybridized carbons (Fsp3) is 0.667. The first kappa shape index (κ1) is 24.4. The number of nitrogens with one attached hydrogen (secondary N) is 1. The van der Waals surface area contributed by atoms with Crippen LogP contribution in [-0.2, 0) is 14.8 Å². The highest BCUT2D eigenvalue weighted by Gasteiger charge is 2.28. The number of carbonyl (C=O) groups excluding carboxylic acids is 1. The van der Waals surface area contributed by atoms with Crippen LogP contribution in [0.2, 0.25) is 0 Å². The lowest BCUT2D eigenvalue weighted by Gasteiger charge is -2.35. The number of ether oxygens (including phenoxy) is 2. The molecule has 0 saturated carbocycles. The van der Waals surface area contributed by atoms with Crippen LogP contribution in [0.5, 0.6) is 5.75 Å². The van der Waals surface area contributed by atoms with Crippen LogP contribution in [0.15, 0.2) is 18.2 Å². The molecular formula is C21H35N3O5S. The zero-order valence-electron chi connectivity index (χ0n) is 18.8. The van der Waals surface area contributed by atoms with E-state index in [4.69, 9.17) is 9.47 Å². The van der Waals surface area contributed by atoms with Crippen molar-refractivity contribution in [2.45, 2.75) is 39.3 Å². The van der Waals surface area contributed by atoms with Crippen molar-refractivity contribution in [3.8, 4) is 5.75 Å². The van der Waals surface area contributed by atoms with Crippen LogP contribution in [0.4, 0.5) is 5.69 Å². The van der Waals surface area contributed by atoms with Crippen molar-refractivity contribution in [1.82, 2.24) is 9.80 Å². The standard InChI is InChI=1S/C21H35N3O5S/c1-7-10-24-12-15(2)20(28-5)13-23(4)21(25)18-9-8-17(22-30(6,26)27)11-19(18)29-14-16(24)3/h8-9,11,15-16,20,22H,7,10,12-14H2,1-6H3/t15-,16+,20+/m1/s1. The van der Waals surface area contributed by atoms with Gasteiger partial charge in [0.05, 0.1) is 23.6 Å². The van der Waals surface area contributed by atoms with Gasteiger partial charge in [0.25, 0.3) is 5.91 Å². The molecule has 1 heterocycles. The van der Waals surface area contributed by atoms with Crippen LogP contribution in [-0.4, -0.2) is 82.9 Å². The zero-order chi connectivity index (χ0) is 22.5. The zero-order valence-corrected chi connectivity index (χ0v) is 19.7. The van der Waals surface area contributed by atoms with Gasteiger partial charge in [-0.1, -0.05) is 13.8 Å². The number of fused-ring (bicyclic) bond motifs is 1. The number of carbonyl (C=O) groups is 1. The fourth-order valence-corrected chi connectivity index (χ4v) is 4.28. The van der Waals surface area contributed by atoms with E-state index >= 15 is 0 Å². The molecule has 1 aromatic rings. The Hall–Kier alpha value is -1.84. The summed E-state index contributed by atoms with van der Waals surface area (Å²) in [6.07, 6.45) is 2.01. The van der Waals surface area contributed by atoms with Crippen LogP contribution >= 0.6 is 0 Å². The minimum absolute atomic E-state index is 0.0968. The average molecular weight is 442 g/mol. The second-order valence-corrected chi connectivity index (χ2v) is 9.93. The van der Waals surface area contributed by atoms with Crippen LogP contribution in [0, 0.1) is 5.92 Å². The van der Waals surface area contributed by atoms with E-state index in [2.05, 4.69) is 30.4 Å². The predicted molar refractivity (Wildman–Crippen MR) is 119 cm³/mol. The van der Waals surface area contributed by atoms with Crippen LogP contribution in [0.1, 0.15) is 37.6 Å². The largest absolute Gasteiger partial charge is 0.491 e. The van der Waals surface area contributed by atoms with Crippen molar-refractivity contribution in [3.05, 3.63) is 23.8 Å². The molecular weight excluding hydrogens is 406 g/mol. The van der Waals surface area contributed by atoms with E-state index in [0.29, 0.717) is 30.2 Å². The van der Waals surface area contributed by atoms with E-state index in [1.165, 1.54) is 0 Å². The summed E-state index contributed by atoms with van der Waals surface area (Å²) in [5, 5.41) is 0. The third kappa shape index (κ3) is 6.58. The van der Waals surface area contributed by atoms with E-state index in [1.54, 1.807) is 37.3 Å². The molecule has 1 aliphatic heterocycles. The van der Waals surface area contributed by atoms with E-state index in [0.717, 1.165) is 25.8 Å². The summed E-state index contributed by atoms with van der Waals surface area (Å²) in [5.41, 5.74) is 0.758. The summed E-state index contributed by atoms with van der Waals surface area (Å²) < 4.78 is 37.4. The van der Waals surface area contributed by atoms with Gasteiger partial charge in [-0.25, -0.2) is 8.42 Å². The molecule has 9 heteroatoms. The summed E-state index contributed by atoms with van der Waals surface area (Å²) in [5.74, 6) is 0.412. The molecule has 0 unspecified atom stereocenters. The maximum atomic E-state index is 13.1. The van der Waals surface area contributed by atoms with Gasteiger partial charge in [-0.15, -0.1) is 0 Å². The maximum Gasteiger partial charge on any atom is 0.257 e. The molecule has 2 rings (SSSR count). The van der Waals surface area contributed by atoms with Gasteiger partial charge in [0.15, 0.2) is 0 Å². The first-order valence-corrected chi connectivity index (χ1v) is 12.2. The average Bonchev–Trinajstić information content (AvgIpc) is 2.67. The van der Waals surface area contributed by atoms with Crippen molar-refractivity contribution < 1.29 is 22.7 Å². The highest BCUT2D eigenvalue weighted by molar-refractivity contribution is 7.92.